The molecule has 0 spiro atoms. The number of carbonyl (C=O) groups is 1. The summed E-state index contributed by atoms with van der Waals surface area (Å²) >= 11 is 6.24. The van der Waals surface area contributed by atoms with Gasteiger partial charge in [-0.15, -0.1) is 0 Å². The predicted molar refractivity (Wildman–Crippen MR) is 145 cm³/mol. The van der Waals surface area contributed by atoms with E-state index in [4.69, 9.17) is 11.6 Å². The zero-order valence-electron chi connectivity index (χ0n) is 20.1. The number of anilines is 3. The highest BCUT2D eigenvalue weighted by molar-refractivity contribution is 7.93. The van der Waals surface area contributed by atoms with Crippen molar-refractivity contribution in [1.29, 1.82) is 0 Å². The third kappa shape index (κ3) is 6.46. The molecule has 4 aromatic rings. The number of nitrogens with zero attached hydrogens (tertiary/aromatic N) is 2. The van der Waals surface area contributed by atoms with Crippen LogP contribution in [0.1, 0.15) is 21.7 Å². The van der Waals surface area contributed by atoms with E-state index in [9.17, 15) is 21.6 Å². The Labute approximate surface area is 225 Å². The lowest BCUT2D eigenvalue weighted by Gasteiger charge is -2.12. The third-order valence-corrected chi connectivity index (χ3v) is 8.20. The molecule has 0 aliphatic rings. The Balaban J connectivity index is 1.44. The lowest BCUT2D eigenvalue weighted by atomic mass is 10.2. The Kier molecular flexibility index (Phi) is 7.67. The van der Waals surface area contributed by atoms with Gasteiger partial charge in [-0.05, 0) is 74.5 Å². The fraction of sp³-hybridized carbons (Fsp3) is 0.0800. The number of aromatic nitrogens is 2. The summed E-state index contributed by atoms with van der Waals surface area (Å²) in [6.07, 6.45) is 0. The second-order valence-corrected chi connectivity index (χ2v) is 11.9. The van der Waals surface area contributed by atoms with E-state index in [1.807, 2.05) is 0 Å². The summed E-state index contributed by atoms with van der Waals surface area (Å²) in [5.74, 6) is -0.562. The molecule has 0 unspecified atom stereocenters. The minimum Gasteiger partial charge on any atom is -0.322 e. The average Bonchev–Trinajstić information content (AvgIpc) is 2.85. The Bertz CT molecular complexity index is 1690. The van der Waals surface area contributed by atoms with Crippen molar-refractivity contribution in [3.8, 4) is 0 Å². The zero-order valence-corrected chi connectivity index (χ0v) is 22.5. The minimum atomic E-state index is -3.95. The number of amides is 1. The van der Waals surface area contributed by atoms with E-state index >= 15 is 0 Å². The smallest absolute Gasteiger partial charge is 0.264 e. The highest BCUT2D eigenvalue weighted by atomic mass is 35.5. The molecule has 0 bridgehead atoms. The van der Waals surface area contributed by atoms with Crippen LogP contribution < -0.4 is 14.8 Å². The molecule has 3 aromatic carbocycles. The van der Waals surface area contributed by atoms with Crippen LogP contribution in [-0.2, 0) is 20.0 Å². The number of carbonyl (C=O) groups excluding carboxylic acids is 1. The Hall–Kier alpha value is -4.00. The van der Waals surface area contributed by atoms with Gasteiger partial charge in [0.15, 0.2) is 0 Å². The molecule has 0 radical (unpaired) electrons. The first-order valence-corrected chi connectivity index (χ1v) is 14.4. The van der Waals surface area contributed by atoms with Crippen LogP contribution in [0.15, 0.2) is 88.7 Å². The number of aryl methyl sites for hydroxylation is 2. The monoisotopic (exact) mass is 571 g/mol. The number of halogens is 1. The van der Waals surface area contributed by atoms with Gasteiger partial charge < -0.3 is 5.32 Å². The maximum Gasteiger partial charge on any atom is 0.264 e. The van der Waals surface area contributed by atoms with Gasteiger partial charge in [-0.3, -0.25) is 9.52 Å². The Morgan fingerprint density at radius 1 is 0.737 bits per heavy atom. The van der Waals surface area contributed by atoms with Crippen molar-refractivity contribution in [2.24, 2.45) is 0 Å². The number of nitrogens with one attached hydrogen (secondary N) is 3. The molecular weight excluding hydrogens is 550 g/mol. The molecule has 0 atom stereocenters. The van der Waals surface area contributed by atoms with E-state index < -0.39 is 26.0 Å². The summed E-state index contributed by atoms with van der Waals surface area (Å²) in [6.45, 7) is 3.46. The number of rotatable bonds is 8. The van der Waals surface area contributed by atoms with Gasteiger partial charge in [0.2, 0.25) is 5.95 Å². The summed E-state index contributed by atoms with van der Waals surface area (Å²) in [6, 6.07) is 19.1. The van der Waals surface area contributed by atoms with Crippen LogP contribution in [0, 0.1) is 13.8 Å². The lowest BCUT2D eigenvalue weighted by Crippen LogP contribution is -2.16. The summed E-state index contributed by atoms with van der Waals surface area (Å²) in [5.41, 5.74) is 1.86. The first-order chi connectivity index (χ1) is 17.9. The molecule has 38 heavy (non-hydrogen) atoms. The quantitative estimate of drug-likeness (QED) is 0.280. The predicted octanol–water partition coefficient (Wildman–Crippen LogP) is 4.60. The first-order valence-electron chi connectivity index (χ1n) is 11.1. The topological polar surface area (TPSA) is 147 Å². The Morgan fingerprint density at radius 3 is 1.92 bits per heavy atom. The molecule has 196 valence electrons. The van der Waals surface area contributed by atoms with Gasteiger partial charge >= 0.3 is 0 Å². The average molecular weight is 572 g/mol. The molecule has 0 aliphatic heterocycles. The van der Waals surface area contributed by atoms with Crippen LogP contribution >= 0.6 is 11.6 Å². The second-order valence-electron chi connectivity index (χ2n) is 8.17. The summed E-state index contributed by atoms with van der Waals surface area (Å²) in [5, 5.41) is 2.67. The molecule has 10 nitrogen and oxygen atoms in total. The molecule has 1 aromatic heterocycles. The van der Waals surface area contributed by atoms with Crippen molar-refractivity contribution < 1.29 is 21.6 Å². The number of hydrogen-bond donors (Lipinski definition) is 3. The Morgan fingerprint density at radius 2 is 1.32 bits per heavy atom. The third-order valence-electron chi connectivity index (χ3n) is 5.16. The molecule has 0 aliphatic carbocycles. The molecule has 3 N–H and O–H groups in total. The van der Waals surface area contributed by atoms with Crippen molar-refractivity contribution in [2.75, 3.05) is 14.8 Å². The fourth-order valence-electron chi connectivity index (χ4n) is 3.41. The van der Waals surface area contributed by atoms with Crippen molar-refractivity contribution in [3.63, 3.8) is 0 Å². The maximum atomic E-state index is 12.7. The summed E-state index contributed by atoms with van der Waals surface area (Å²) < 4.78 is 55.2. The van der Waals surface area contributed by atoms with E-state index in [1.54, 1.807) is 38.1 Å². The van der Waals surface area contributed by atoms with Crippen LogP contribution in [0.4, 0.5) is 17.3 Å². The lowest BCUT2D eigenvalue weighted by molar-refractivity contribution is 0.102. The summed E-state index contributed by atoms with van der Waals surface area (Å²) in [4.78, 5) is 20.9. The van der Waals surface area contributed by atoms with Crippen molar-refractivity contribution in [1.82, 2.24) is 9.97 Å². The van der Waals surface area contributed by atoms with Crippen LogP contribution in [0.25, 0.3) is 0 Å². The highest BCUT2D eigenvalue weighted by Crippen LogP contribution is 2.26. The number of benzene rings is 3. The summed E-state index contributed by atoms with van der Waals surface area (Å²) in [7, 11) is -7.81. The van der Waals surface area contributed by atoms with Crippen LogP contribution in [-0.4, -0.2) is 32.7 Å². The normalized spacial score (nSPS) is 11.6. The van der Waals surface area contributed by atoms with Crippen molar-refractivity contribution >= 4 is 54.9 Å². The van der Waals surface area contributed by atoms with Gasteiger partial charge in [0, 0.05) is 22.6 Å². The van der Waals surface area contributed by atoms with E-state index in [0.717, 1.165) is 0 Å². The maximum absolute atomic E-state index is 12.7. The standard InChI is InChI=1S/C25H22ClN5O5S2/c1-16-14-17(2)28-25(27-16)31-38(35,36)21-11-9-19(10-12-21)29-24(32)18-8-13-23(22(26)15-18)30-37(33,34)20-6-4-3-5-7-20/h3-15,30H,1-2H3,(H,29,32)(H,27,28,31). The van der Waals surface area contributed by atoms with Gasteiger partial charge in [-0.2, -0.15) is 0 Å². The molecule has 0 saturated carbocycles. The van der Waals surface area contributed by atoms with Gasteiger partial charge in [0.25, 0.3) is 26.0 Å². The van der Waals surface area contributed by atoms with E-state index in [2.05, 4.69) is 24.7 Å². The van der Waals surface area contributed by atoms with E-state index in [0.29, 0.717) is 17.1 Å². The van der Waals surface area contributed by atoms with E-state index in [1.165, 1.54) is 54.6 Å². The van der Waals surface area contributed by atoms with Crippen molar-refractivity contribution in [3.05, 3.63) is 101 Å². The molecule has 0 saturated heterocycles. The molecular formula is C25H22ClN5O5S2. The van der Waals surface area contributed by atoms with E-state index in [-0.39, 0.29) is 32.0 Å². The SMILES string of the molecule is Cc1cc(C)nc(NS(=O)(=O)c2ccc(NC(=O)c3ccc(NS(=O)(=O)c4ccccc4)c(Cl)c3)cc2)n1. The van der Waals surface area contributed by atoms with Gasteiger partial charge in [-0.1, -0.05) is 29.8 Å². The minimum absolute atomic E-state index is 0.0262. The van der Waals surface area contributed by atoms with Gasteiger partial charge in [-0.25, -0.2) is 31.5 Å². The van der Waals surface area contributed by atoms with Gasteiger partial charge in [0.1, 0.15) is 0 Å². The fourth-order valence-corrected chi connectivity index (χ4v) is 5.74. The number of sulfonamides is 2. The van der Waals surface area contributed by atoms with Crippen LogP contribution in [0.2, 0.25) is 5.02 Å². The first kappa shape index (κ1) is 27.0. The largest absolute Gasteiger partial charge is 0.322 e. The van der Waals surface area contributed by atoms with Crippen LogP contribution in [0.5, 0.6) is 0 Å². The zero-order chi connectivity index (χ0) is 27.5. The van der Waals surface area contributed by atoms with Crippen LogP contribution in [0.3, 0.4) is 0 Å². The molecule has 4 rings (SSSR count). The second kappa shape index (κ2) is 10.8. The van der Waals surface area contributed by atoms with Crippen molar-refractivity contribution in [2.45, 2.75) is 23.6 Å². The highest BCUT2D eigenvalue weighted by Gasteiger charge is 2.18. The molecule has 13 heteroatoms. The molecule has 0 fully saturated rings. The van der Waals surface area contributed by atoms with Gasteiger partial charge in [0.05, 0.1) is 20.5 Å². The molecule has 1 amide bonds. The number of hydrogen-bond acceptors (Lipinski definition) is 7. The molecule has 1 heterocycles.